The number of pyridine rings is 1. The summed E-state index contributed by atoms with van der Waals surface area (Å²) in [4.78, 5) is 15.1. The lowest BCUT2D eigenvalue weighted by Crippen LogP contribution is -2.15. The molecule has 2 rings (SSSR count). The second-order valence-corrected chi connectivity index (χ2v) is 5.18. The van der Waals surface area contributed by atoms with Crippen LogP contribution in [0.15, 0.2) is 30.5 Å². The van der Waals surface area contributed by atoms with E-state index in [0.717, 1.165) is 12.1 Å². The highest BCUT2D eigenvalue weighted by molar-refractivity contribution is 6.29. The first-order valence-electron chi connectivity index (χ1n) is 6.65. The fourth-order valence-corrected chi connectivity index (χ4v) is 2.21. The molecule has 5 nitrogen and oxygen atoms in total. The van der Waals surface area contributed by atoms with Crippen LogP contribution in [0.1, 0.15) is 21.5 Å². The first-order valence-corrected chi connectivity index (χ1v) is 7.03. The summed E-state index contributed by atoms with van der Waals surface area (Å²) < 4.78 is 43.6. The second-order valence-electron chi connectivity index (χ2n) is 4.79. The summed E-state index contributed by atoms with van der Waals surface area (Å²) >= 11 is 5.77. The van der Waals surface area contributed by atoms with Gasteiger partial charge in [0.05, 0.1) is 23.9 Å². The van der Waals surface area contributed by atoms with Gasteiger partial charge in [-0.3, -0.25) is 4.79 Å². The van der Waals surface area contributed by atoms with Crippen LogP contribution in [0.2, 0.25) is 5.15 Å². The van der Waals surface area contributed by atoms with Gasteiger partial charge in [-0.05, 0) is 24.3 Å². The van der Waals surface area contributed by atoms with Gasteiger partial charge in [-0.2, -0.15) is 13.2 Å². The van der Waals surface area contributed by atoms with Crippen LogP contribution < -0.4 is 15.8 Å². The van der Waals surface area contributed by atoms with Crippen molar-refractivity contribution in [3.63, 3.8) is 0 Å². The number of hydrogen-bond donors (Lipinski definition) is 2. The van der Waals surface area contributed by atoms with Crippen molar-refractivity contribution in [2.24, 2.45) is 5.73 Å². The molecule has 0 aliphatic rings. The number of hydrogen-bond acceptors (Lipinski definition) is 4. The SMILES string of the molecule is COc1ccc(C(F)(F)F)cc1CNc1cc(Cl)ncc1C(N)=O. The fourth-order valence-electron chi connectivity index (χ4n) is 2.06. The highest BCUT2D eigenvalue weighted by Gasteiger charge is 2.31. The minimum atomic E-state index is -4.47. The van der Waals surface area contributed by atoms with Gasteiger partial charge >= 0.3 is 6.18 Å². The average molecular weight is 360 g/mol. The molecule has 128 valence electrons. The number of primary amides is 1. The number of amides is 1. The molecular weight excluding hydrogens is 347 g/mol. The molecule has 0 aliphatic heterocycles. The highest BCUT2D eigenvalue weighted by Crippen LogP contribution is 2.33. The van der Waals surface area contributed by atoms with E-state index in [2.05, 4.69) is 10.3 Å². The number of aromatic nitrogens is 1. The van der Waals surface area contributed by atoms with E-state index in [-0.39, 0.29) is 34.3 Å². The number of nitrogens with one attached hydrogen (secondary N) is 1. The van der Waals surface area contributed by atoms with Gasteiger partial charge in [-0.15, -0.1) is 0 Å². The summed E-state index contributed by atoms with van der Waals surface area (Å²) in [6, 6.07) is 4.50. The summed E-state index contributed by atoms with van der Waals surface area (Å²) in [7, 11) is 1.35. The topological polar surface area (TPSA) is 77.2 Å². The molecule has 3 N–H and O–H groups in total. The van der Waals surface area contributed by atoms with Crippen LogP contribution in [-0.4, -0.2) is 18.0 Å². The van der Waals surface area contributed by atoms with Gasteiger partial charge in [0.1, 0.15) is 10.9 Å². The van der Waals surface area contributed by atoms with E-state index in [9.17, 15) is 18.0 Å². The predicted octanol–water partition coefficient (Wildman–Crippen LogP) is 3.47. The van der Waals surface area contributed by atoms with Gasteiger partial charge < -0.3 is 15.8 Å². The molecule has 0 atom stereocenters. The van der Waals surface area contributed by atoms with Crippen molar-refractivity contribution in [1.82, 2.24) is 4.98 Å². The number of methoxy groups -OCH3 is 1. The van der Waals surface area contributed by atoms with Crippen LogP contribution in [0.5, 0.6) is 5.75 Å². The number of benzene rings is 1. The Morgan fingerprint density at radius 3 is 2.67 bits per heavy atom. The Morgan fingerprint density at radius 2 is 2.08 bits per heavy atom. The molecule has 0 unspecified atom stereocenters. The summed E-state index contributed by atoms with van der Waals surface area (Å²) in [6.45, 7) is -0.0340. The van der Waals surface area contributed by atoms with Gasteiger partial charge in [0, 0.05) is 18.3 Å². The number of anilines is 1. The number of halogens is 4. The number of nitrogens with two attached hydrogens (primary N) is 1. The van der Waals surface area contributed by atoms with Crippen molar-refractivity contribution in [2.45, 2.75) is 12.7 Å². The van der Waals surface area contributed by atoms with Crippen LogP contribution >= 0.6 is 11.6 Å². The second kappa shape index (κ2) is 6.96. The molecule has 1 amide bonds. The van der Waals surface area contributed by atoms with Gasteiger partial charge in [0.15, 0.2) is 0 Å². The zero-order valence-corrected chi connectivity index (χ0v) is 13.2. The van der Waals surface area contributed by atoms with E-state index in [1.54, 1.807) is 0 Å². The van der Waals surface area contributed by atoms with Crippen LogP contribution in [0.25, 0.3) is 0 Å². The van der Waals surface area contributed by atoms with E-state index in [4.69, 9.17) is 22.1 Å². The molecule has 1 aromatic carbocycles. The molecule has 9 heteroatoms. The molecule has 0 spiro atoms. The zero-order valence-electron chi connectivity index (χ0n) is 12.4. The van der Waals surface area contributed by atoms with Crippen LogP contribution in [0.4, 0.5) is 18.9 Å². The van der Waals surface area contributed by atoms with Crippen LogP contribution in [-0.2, 0) is 12.7 Å². The van der Waals surface area contributed by atoms with Crippen molar-refractivity contribution >= 4 is 23.2 Å². The third-order valence-corrected chi connectivity index (χ3v) is 3.42. The van der Waals surface area contributed by atoms with Crippen LogP contribution in [0, 0.1) is 0 Å². The van der Waals surface area contributed by atoms with Crippen molar-refractivity contribution < 1.29 is 22.7 Å². The quantitative estimate of drug-likeness (QED) is 0.801. The molecule has 0 radical (unpaired) electrons. The Balaban J connectivity index is 2.32. The molecule has 0 fully saturated rings. The number of rotatable bonds is 5. The summed E-state index contributed by atoms with van der Waals surface area (Å²) in [5.74, 6) is -0.464. The maximum absolute atomic E-state index is 12.8. The molecule has 2 aromatic rings. The third kappa shape index (κ3) is 4.08. The fraction of sp³-hybridized carbons (Fsp3) is 0.200. The highest BCUT2D eigenvalue weighted by atomic mass is 35.5. The van der Waals surface area contributed by atoms with E-state index in [1.165, 1.54) is 25.4 Å². The first-order chi connectivity index (χ1) is 11.2. The van der Waals surface area contributed by atoms with Gasteiger partial charge in [0.2, 0.25) is 0 Å². The molecule has 1 aromatic heterocycles. The van der Waals surface area contributed by atoms with Gasteiger partial charge in [0.25, 0.3) is 5.91 Å². The molecule has 0 bridgehead atoms. The monoisotopic (exact) mass is 359 g/mol. The Hall–Kier alpha value is -2.48. The largest absolute Gasteiger partial charge is 0.496 e. The van der Waals surface area contributed by atoms with E-state index in [1.807, 2.05) is 0 Å². The minimum Gasteiger partial charge on any atom is -0.496 e. The Labute approximate surface area is 140 Å². The van der Waals surface area contributed by atoms with E-state index < -0.39 is 17.6 Å². The van der Waals surface area contributed by atoms with E-state index in [0.29, 0.717) is 0 Å². The lowest BCUT2D eigenvalue weighted by atomic mass is 10.1. The molecular formula is C15H13ClF3N3O2. The molecule has 1 heterocycles. The summed E-state index contributed by atoms with van der Waals surface area (Å²) in [5.41, 5.74) is 5.03. The Morgan fingerprint density at radius 1 is 1.38 bits per heavy atom. The maximum atomic E-state index is 12.8. The van der Waals surface area contributed by atoms with Crippen molar-refractivity contribution in [1.29, 1.82) is 0 Å². The van der Waals surface area contributed by atoms with Gasteiger partial charge in [-0.1, -0.05) is 11.6 Å². The Bertz CT molecular complexity index is 766. The molecule has 0 aliphatic carbocycles. The lowest BCUT2D eigenvalue weighted by molar-refractivity contribution is -0.137. The number of carbonyl (C=O) groups is 1. The van der Waals surface area contributed by atoms with E-state index >= 15 is 0 Å². The maximum Gasteiger partial charge on any atom is 0.416 e. The average Bonchev–Trinajstić information content (AvgIpc) is 2.51. The number of nitrogens with zero attached hydrogens (tertiary/aromatic N) is 1. The Kier molecular flexibility index (Phi) is 5.18. The van der Waals surface area contributed by atoms with Crippen LogP contribution in [0.3, 0.4) is 0 Å². The lowest BCUT2D eigenvalue weighted by Gasteiger charge is -2.15. The summed E-state index contributed by atoms with van der Waals surface area (Å²) in [6.07, 6.45) is -3.28. The standard InChI is InChI=1S/C15H13ClF3N3O2/c1-24-12-3-2-9(15(17,18)19)4-8(12)6-21-11-5-13(16)22-7-10(11)14(20)23/h2-5,7H,6H2,1H3,(H2,20,23)(H,21,22). The smallest absolute Gasteiger partial charge is 0.416 e. The number of alkyl halides is 3. The number of ether oxygens (including phenoxy) is 1. The molecule has 0 saturated heterocycles. The van der Waals surface area contributed by atoms with Crippen molar-refractivity contribution in [2.75, 3.05) is 12.4 Å². The molecule has 24 heavy (non-hydrogen) atoms. The minimum absolute atomic E-state index is 0.0340. The predicted molar refractivity (Wildman–Crippen MR) is 83.1 cm³/mol. The van der Waals surface area contributed by atoms with Crippen molar-refractivity contribution in [3.8, 4) is 5.75 Å². The molecule has 0 saturated carbocycles. The first kappa shape index (κ1) is 17.9. The van der Waals surface area contributed by atoms with Crippen molar-refractivity contribution in [3.05, 3.63) is 52.3 Å². The normalized spacial score (nSPS) is 11.2. The van der Waals surface area contributed by atoms with Gasteiger partial charge in [-0.25, -0.2) is 4.98 Å². The summed E-state index contributed by atoms with van der Waals surface area (Å²) in [5, 5.41) is 2.94. The zero-order chi connectivity index (χ0) is 17.9. The number of carbonyl (C=O) groups excluding carboxylic acids is 1. The third-order valence-electron chi connectivity index (χ3n) is 3.21.